The van der Waals surface area contributed by atoms with Crippen LogP contribution in [0.25, 0.3) is 0 Å². The second-order valence-corrected chi connectivity index (χ2v) is 6.66. The van der Waals surface area contributed by atoms with Crippen molar-refractivity contribution in [2.45, 2.75) is 13.0 Å². The molecular weight excluding hydrogens is 347 g/mol. The highest BCUT2D eigenvalue weighted by Crippen LogP contribution is 2.20. The monoisotopic (exact) mass is 372 g/mol. The number of hydrogen-bond acceptors (Lipinski definition) is 5. The third-order valence-corrected chi connectivity index (χ3v) is 4.74. The van der Waals surface area contributed by atoms with Gasteiger partial charge in [-0.3, -0.25) is 4.79 Å². The summed E-state index contributed by atoms with van der Waals surface area (Å²) in [6.07, 6.45) is 2.85. The molecule has 144 valence electrons. The lowest BCUT2D eigenvalue weighted by atomic mass is 10.1. The van der Waals surface area contributed by atoms with Crippen LogP contribution in [0.2, 0.25) is 0 Å². The van der Waals surface area contributed by atoms with E-state index in [1.165, 1.54) is 19.2 Å². The fraction of sp³-hybridized carbons (Fsp3) is 0.400. The number of hydrogen-bond donors (Lipinski definition) is 1. The number of rotatable bonds is 5. The Labute approximate surface area is 158 Å². The summed E-state index contributed by atoms with van der Waals surface area (Å²) in [4.78, 5) is 21.5. The van der Waals surface area contributed by atoms with Gasteiger partial charge in [-0.25, -0.2) is 9.37 Å². The summed E-state index contributed by atoms with van der Waals surface area (Å²) in [7, 11) is 3.51. The molecule has 1 amide bonds. The van der Waals surface area contributed by atoms with E-state index in [1.807, 2.05) is 12.1 Å². The molecular formula is C20H25FN4O2. The van der Waals surface area contributed by atoms with Crippen molar-refractivity contribution in [3.05, 3.63) is 53.5 Å². The van der Waals surface area contributed by atoms with Crippen LogP contribution in [0.4, 0.5) is 10.2 Å². The number of nitrogens with zero attached hydrogens (tertiary/aromatic N) is 3. The lowest BCUT2D eigenvalue weighted by Crippen LogP contribution is -2.31. The second-order valence-electron chi connectivity index (χ2n) is 6.66. The minimum absolute atomic E-state index is 0.118. The topological polar surface area (TPSA) is 57.7 Å². The zero-order chi connectivity index (χ0) is 19.2. The first kappa shape index (κ1) is 19.1. The molecule has 1 aromatic heterocycles. The lowest BCUT2D eigenvalue weighted by Gasteiger charge is -2.24. The number of amides is 1. The molecule has 1 aliphatic rings. The molecule has 1 N–H and O–H groups in total. The van der Waals surface area contributed by atoms with Crippen LogP contribution in [-0.2, 0) is 6.54 Å². The summed E-state index contributed by atoms with van der Waals surface area (Å²) in [6, 6.07) is 8.01. The largest absolute Gasteiger partial charge is 0.494 e. The maximum Gasteiger partial charge on any atom is 0.251 e. The number of ether oxygens (including phenoxy) is 1. The number of methoxy groups -OCH3 is 1. The molecule has 1 aromatic carbocycles. The number of pyridine rings is 1. The van der Waals surface area contributed by atoms with E-state index in [9.17, 15) is 9.18 Å². The van der Waals surface area contributed by atoms with E-state index in [0.717, 1.165) is 44.0 Å². The molecule has 7 heteroatoms. The van der Waals surface area contributed by atoms with Crippen molar-refractivity contribution in [2.24, 2.45) is 0 Å². The SMILES string of the molecule is COc1ccc(C(=O)NCc2cccnc2N2CCCN(C)CC2)cc1F. The molecule has 0 atom stereocenters. The van der Waals surface area contributed by atoms with Gasteiger partial charge in [0.25, 0.3) is 5.91 Å². The zero-order valence-electron chi connectivity index (χ0n) is 15.7. The lowest BCUT2D eigenvalue weighted by molar-refractivity contribution is 0.0950. The van der Waals surface area contributed by atoms with Crippen LogP contribution in [0.3, 0.4) is 0 Å². The van der Waals surface area contributed by atoms with E-state index in [2.05, 4.69) is 27.1 Å². The number of benzene rings is 1. The Hall–Kier alpha value is -2.67. The molecule has 6 nitrogen and oxygen atoms in total. The fourth-order valence-electron chi connectivity index (χ4n) is 3.20. The van der Waals surface area contributed by atoms with Crippen molar-refractivity contribution in [1.29, 1.82) is 0 Å². The van der Waals surface area contributed by atoms with Gasteiger partial charge in [0.05, 0.1) is 7.11 Å². The first-order valence-electron chi connectivity index (χ1n) is 9.07. The number of carbonyl (C=O) groups is 1. The Morgan fingerprint density at radius 1 is 1.26 bits per heavy atom. The molecule has 27 heavy (non-hydrogen) atoms. The number of anilines is 1. The standard InChI is InChI=1S/C20H25FN4O2/c1-24-9-4-10-25(12-11-24)19-16(5-3-8-22-19)14-23-20(26)15-6-7-18(27-2)17(21)13-15/h3,5-8,13H,4,9-12,14H2,1-2H3,(H,23,26). The van der Waals surface area contributed by atoms with Crippen molar-refractivity contribution < 1.29 is 13.9 Å². The second kappa shape index (κ2) is 8.81. The third-order valence-electron chi connectivity index (χ3n) is 4.74. The van der Waals surface area contributed by atoms with Gasteiger partial charge in [0.1, 0.15) is 5.82 Å². The molecule has 2 aromatic rings. The Kier molecular flexibility index (Phi) is 6.24. The van der Waals surface area contributed by atoms with Crippen molar-refractivity contribution >= 4 is 11.7 Å². The molecule has 3 rings (SSSR count). The van der Waals surface area contributed by atoms with Crippen molar-refractivity contribution in [2.75, 3.05) is 45.2 Å². The summed E-state index contributed by atoms with van der Waals surface area (Å²) in [5.74, 6) is 0.129. The molecule has 0 bridgehead atoms. The molecule has 1 aliphatic heterocycles. The van der Waals surface area contributed by atoms with Crippen LogP contribution >= 0.6 is 0 Å². The van der Waals surface area contributed by atoms with Gasteiger partial charge in [-0.1, -0.05) is 6.07 Å². The number of nitrogens with one attached hydrogen (secondary N) is 1. The summed E-state index contributed by atoms with van der Waals surface area (Å²) in [5.41, 5.74) is 1.21. The van der Waals surface area contributed by atoms with Crippen molar-refractivity contribution in [3.8, 4) is 5.75 Å². The molecule has 0 aliphatic carbocycles. The molecule has 0 radical (unpaired) electrons. The van der Waals surface area contributed by atoms with E-state index < -0.39 is 5.82 Å². The number of likely N-dealkylation sites (N-methyl/N-ethyl adjacent to an activating group) is 1. The summed E-state index contributed by atoms with van der Waals surface area (Å²) in [6.45, 7) is 4.22. The first-order valence-corrected chi connectivity index (χ1v) is 9.07. The van der Waals surface area contributed by atoms with Gasteiger partial charge in [-0.15, -0.1) is 0 Å². The van der Waals surface area contributed by atoms with Gasteiger partial charge in [0.15, 0.2) is 11.6 Å². The highest BCUT2D eigenvalue weighted by Gasteiger charge is 2.17. The summed E-state index contributed by atoms with van der Waals surface area (Å²) in [5, 5.41) is 2.86. The Morgan fingerprint density at radius 2 is 2.11 bits per heavy atom. The highest BCUT2D eigenvalue weighted by molar-refractivity contribution is 5.94. The van der Waals surface area contributed by atoms with Gasteiger partial charge < -0.3 is 19.9 Å². The number of aromatic nitrogens is 1. The molecule has 1 saturated heterocycles. The predicted octanol–water partition coefficient (Wildman–Crippen LogP) is 2.30. The van der Waals surface area contributed by atoms with Gasteiger partial charge in [-0.05, 0) is 44.3 Å². The predicted molar refractivity (Wildman–Crippen MR) is 103 cm³/mol. The van der Waals surface area contributed by atoms with Gasteiger partial charge in [-0.2, -0.15) is 0 Å². The minimum atomic E-state index is -0.555. The highest BCUT2D eigenvalue weighted by atomic mass is 19.1. The van der Waals surface area contributed by atoms with Gasteiger partial charge in [0.2, 0.25) is 0 Å². The van der Waals surface area contributed by atoms with Crippen LogP contribution in [-0.4, -0.2) is 56.1 Å². The van der Waals surface area contributed by atoms with E-state index in [0.29, 0.717) is 6.54 Å². The Morgan fingerprint density at radius 3 is 2.89 bits per heavy atom. The molecule has 1 fully saturated rings. The van der Waals surface area contributed by atoms with E-state index in [1.54, 1.807) is 12.3 Å². The van der Waals surface area contributed by atoms with Crippen LogP contribution in [0.15, 0.2) is 36.5 Å². The molecule has 2 heterocycles. The molecule has 0 saturated carbocycles. The minimum Gasteiger partial charge on any atom is -0.494 e. The Bertz CT molecular complexity index is 799. The Balaban J connectivity index is 1.69. The van der Waals surface area contributed by atoms with Gasteiger partial charge in [0, 0.05) is 43.5 Å². The maximum atomic E-state index is 13.8. The number of halogens is 1. The fourth-order valence-corrected chi connectivity index (χ4v) is 3.20. The molecule has 0 spiro atoms. The maximum absolute atomic E-state index is 13.8. The first-order chi connectivity index (χ1) is 13.1. The van der Waals surface area contributed by atoms with E-state index in [-0.39, 0.29) is 17.2 Å². The van der Waals surface area contributed by atoms with E-state index >= 15 is 0 Å². The normalized spacial score (nSPS) is 15.3. The average molecular weight is 372 g/mol. The average Bonchev–Trinajstić information content (AvgIpc) is 2.90. The quantitative estimate of drug-likeness (QED) is 0.873. The third kappa shape index (κ3) is 4.74. The van der Waals surface area contributed by atoms with Crippen LogP contribution < -0.4 is 15.0 Å². The summed E-state index contributed by atoms with van der Waals surface area (Å²) < 4.78 is 18.7. The van der Waals surface area contributed by atoms with Crippen molar-refractivity contribution in [3.63, 3.8) is 0 Å². The summed E-state index contributed by atoms with van der Waals surface area (Å²) >= 11 is 0. The van der Waals surface area contributed by atoms with Gasteiger partial charge >= 0.3 is 0 Å². The number of carbonyl (C=O) groups excluding carboxylic acids is 1. The van der Waals surface area contributed by atoms with Crippen LogP contribution in [0.1, 0.15) is 22.3 Å². The smallest absolute Gasteiger partial charge is 0.251 e. The van der Waals surface area contributed by atoms with Crippen molar-refractivity contribution in [1.82, 2.24) is 15.2 Å². The van der Waals surface area contributed by atoms with E-state index in [4.69, 9.17) is 4.74 Å². The zero-order valence-corrected chi connectivity index (χ0v) is 15.7. The molecule has 0 unspecified atom stereocenters. The van der Waals surface area contributed by atoms with Crippen LogP contribution in [0.5, 0.6) is 5.75 Å². The van der Waals surface area contributed by atoms with Crippen LogP contribution in [0, 0.1) is 5.82 Å².